The van der Waals surface area contributed by atoms with E-state index in [1.807, 2.05) is 42.5 Å². The summed E-state index contributed by atoms with van der Waals surface area (Å²) < 4.78 is 29.2. The Morgan fingerprint density at radius 1 is 1.06 bits per heavy atom. The fourth-order valence-corrected chi connectivity index (χ4v) is 6.52. The first kappa shape index (κ1) is 25.4. The van der Waals surface area contributed by atoms with Gasteiger partial charge in [0.2, 0.25) is 15.9 Å². The lowest BCUT2D eigenvalue weighted by Gasteiger charge is -2.32. The van der Waals surface area contributed by atoms with Gasteiger partial charge in [-0.15, -0.1) is 0 Å². The Labute approximate surface area is 208 Å². The number of carbonyl (C=O) groups is 1. The molecule has 0 radical (unpaired) electrons. The number of sulfonamides is 1. The number of aromatic nitrogens is 2. The van der Waals surface area contributed by atoms with Crippen molar-refractivity contribution in [2.24, 2.45) is 13.0 Å². The maximum Gasteiger partial charge on any atom is 0.243 e. The maximum absolute atomic E-state index is 12.9. The molecule has 0 N–H and O–H groups in total. The van der Waals surface area contributed by atoms with E-state index in [4.69, 9.17) is 0 Å². The summed E-state index contributed by atoms with van der Waals surface area (Å²) in [5.74, 6) is 1.59. The van der Waals surface area contributed by atoms with Crippen LogP contribution in [0.15, 0.2) is 53.4 Å². The molecule has 0 bridgehead atoms. The van der Waals surface area contributed by atoms with E-state index in [1.54, 1.807) is 12.1 Å². The fourth-order valence-electron chi connectivity index (χ4n) is 5.04. The molecule has 7 nitrogen and oxygen atoms in total. The van der Waals surface area contributed by atoms with E-state index in [-0.39, 0.29) is 10.8 Å². The normalized spacial score (nSPS) is 15.3. The molecule has 1 amide bonds. The first-order chi connectivity index (χ1) is 16.8. The van der Waals surface area contributed by atoms with Crippen LogP contribution in [-0.4, -0.2) is 59.3 Å². The highest BCUT2D eigenvalue weighted by Gasteiger charge is 2.25. The second-order valence-corrected chi connectivity index (χ2v) is 11.3. The molecule has 1 aliphatic rings. The number of piperidine rings is 1. The molecule has 188 valence electrons. The molecule has 0 unspecified atom stereocenters. The molecular weight excluding hydrogens is 460 g/mol. The molecule has 1 saturated heterocycles. The molecule has 0 saturated carbocycles. The number of fused-ring (bicyclic) bond motifs is 1. The van der Waals surface area contributed by atoms with E-state index in [9.17, 15) is 13.2 Å². The molecule has 2 aromatic carbocycles. The van der Waals surface area contributed by atoms with Crippen LogP contribution < -0.4 is 0 Å². The molecule has 8 heteroatoms. The number of imidazole rings is 1. The Kier molecular flexibility index (Phi) is 7.91. The summed E-state index contributed by atoms with van der Waals surface area (Å²) >= 11 is 0. The predicted octanol–water partition coefficient (Wildman–Crippen LogP) is 4.02. The van der Waals surface area contributed by atoms with Gasteiger partial charge in [0, 0.05) is 46.1 Å². The van der Waals surface area contributed by atoms with E-state index in [0.29, 0.717) is 37.4 Å². The number of likely N-dealkylation sites (tertiary alicyclic amines) is 1. The molecule has 0 spiro atoms. The standard InChI is InChI=1S/C27H36N4O3S/c1-4-31(5-2)35(33,34)23-11-12-25-24(20-23)28-26(29(25)3)13-14-27(32)30-17-15-22(16-18-30)19-21-9-7-6-8-10-21/h6-12,20,22H,4-5,13-19H2,1-3H3. The minimum atomic E-state index is -3.54. The number of benzene rings is 2. The SMILES string of the molecule is CCN(CC)S(=O)(=O)c1ccc2c(c1)nc(CCC(=O)N1CCC(Cc3ccccc3)CC1)n2C. The minimum absolute atomic E-state index is 0.167. The van der Waals surface area contributed by atoms with Gasteiger partial charge >= 0.3 is 0 Å². The minimum Gasteiger partial charge on any atom is -0.343 e. The van der Waals surface area contributed by atoms with E-state index < -0.39 is 10.0 Å². The zero-order valence-electron chi connectivity index (χ0n) is 21.0. The van der Waals surface area contributed by atoms with Gasteiger partial charge in [0.25, 0.3) is 0 Å². The molecule has 0 aliphatic carbocycles. The second-order valence-electron chi connectivity index (χ2n) is 9.34. The van der Waals surface area contributed by atoms with Gasteiger partial charge in [-0.05, 0) is 48.9 Å². The molecule has 0 atom stereocenters. The zero-order chi connectivity index (χ0) is 25.0. The van der Waals surface area contributed by atoms with Crippen molar-refractivity contribution in [1.82, 2.24) is 18.8 Å². The van der Waals surface area contributed by atoms with Crippen LogP contribution in [0.3, 0.4) is 0 Å². The average molecular weight is 497 g/mol. The number of aryl methyl sites for hydroxylation is 2. The van der Waals surface area contributed by atoms with Crippen LogP contribution >= 0.6 is 0 Å². The van der Waals surface area contributed by atoms with E-state index >= 15 is 0 Å². The van der Waals surface area contributed by atoms with Crippen LogP contribution in [0.25, 0.3) is 11.0 Å². The zero-order valence-corrected chi connectivity index (χ0v) is 21.8. The molecule has 1 fully saturated rings. The summed E-state index contributed by atoms with van der Waals surface area (Å²) in [6.45, 7) is 6.14. The number of rotatable bonds is 9. The summed E-state index contributed by atoms with van der Waals surface area (Å²) in [4.78, 5) is 19.8. The van der Waals surface area contributed by atoms with E-state index in [1.165, 1.54) is 9.87 Å². The number of hydrogen-bond acceptors (Lipinski definition) is 4. The molecule has 4 rings (SSSR count). The van der Waals surface area contributed by atoms with Crippen molar-refractivity contribution in [2.45, 2.75) is 50.8 Å². The van der Waals surface area contributed by atoms with Crippen molar-refractivity contribution in [3.8, 4) is 0 Å². The summed E-state index contributed by atoms with van der Waals surface area (Å²) in [6.07, 6.45) is 4.10. The summed E-state index contributed by atoms with van der Waals surface area (Å²) in [5, 5.41) is 0. The number of carbonyl (C=O) groups excluding carboxylic acids is 1. The Balaban J connectivity index is 1.36. The fraction of sp³-hybridized carbons (Fsp3) is 0.481. The Morgan fingerprint density at radius 3 is 2.40 bits per heavy atom. The molecule has 1 aromatic heterocycles. The van der Waals surface area contributed by atoms with Crippen molar-refractivity contribution in [2.75, 3.05) is 26.2 Å². The largest absolute Gasteiger partial charge is 0.343 e. The third-order valence-electron chi connectivity index (χ3n) is 7.19. The highest BCUT2D eigenvalue weighted by atomic mass is 32.2. The monoisotopic (exact) mass is 496 g/mol. The van der Waals surface area contributed by atoms with Crippen LogP contribution in [0.1, 0.15) is 44.5 Å². The Morgan fingerprint density at radius 2 is 1.74 bits per heavy atom. The van der Waals surface area contributed by atoms with Gasteiger partial charge in [-0.25, -0.2) is 13.4 Å². The van der Waals surface area contributed by atoms with Gasteiger partial charge in [-0.3, -0.25) is 4.79 Å². The quantitative estimate of drug-likeness (QED) is 0.448. The van der Waals surface area contributed by atoms with Crippen molar-refractivity contribution >= 4 is 27.0 Å². The van der Waals surface area contributed by atoms with Gasteiger partial charge in [0.05, 0.1) is 15.9 Å². The number of amides is 1. The third kappa shape index (κ3) is 5.59. The average Bonchev–Trinajstić information content (AvgIpc) is 3.19. The lowest BCUT2D eigenvalue weighted by atomic mass is 9.90. The molecular formula is C27H36N4O3S. The summed E-state index contributed by atoms with van der Waals surface area (Å²) in [6, 6.07) is 15.7. The van der Waals surface area contributed by atoms with Gasteiger partial charge < -0.3 is 9.47 Å². The van der Waals surface area contributed by atoms with Crippen LogP contribution in [0.2, 0.25) is 0 Å². The topological polar surface area (TPSA) is 75.5 Å². The van der Waals surface area contributed by atoms with Crippen LogP contribution in [0, 0.1) is 5.92 Å². The molecule has 3 aromatic rings. The number of nitrogens with zero attached hydrogens (tertiary/aromatic N) is 4. The van der Waals surface area contributed by atoms with Crippen molar-refractivity contribution in [3.63, 3.8) is 0 Å². The van der Waals surface area contributed by atoms with Crippen LogP contribution in [0.4, 0.5) is 0 Å². The van der Waals surface area contributed by atoms with Gasteiger partial charge in [-0.1, -0.05) is 44.2 Å². The Bertz CT molecular complexity index is 1260. The van der Waals surface area contributed by atoms with Crippen molar-refractivity contribution < 1.29 is 13.2 Å². The molecule has 2 heterocycles. The number of hydrogen-bond donors (Lipinski definition) is 0. The van der Waals surface area contributed by atoms with Crippen molar-refractivity contribution in [3.05, 3.63) is 59.9 Å². The van der Waals surface area contributed by atoms with Gasteiger partial charge in [0.15, 0.2) is 0 Å². The summed E-state index contributed by atoms with van der Waals surface area (Å²) in [7, 11) is -1.62. The maximum atomic E-state index is 12.9. The first-order valence-electron chi connectivity index (χ1n) is 12.6. The van der Waals surface area contributed by atoms with Gasteiger partial charge in [-0.2, -0.15) is 4.31 Å². The van der Waals surface area contributed by atoms with E-state index in [0.717, 1.165) is 43.7 Å². The third-order valence-corrected chi connectivity index (χ3v) is 9.23. The van der Waals surface area contributed by atoms with Gasteiger partial charge in [0.1, 0.15) is 5.82 Å². The second kappa shape index (κ2) is 10.9. The van der Waals surface area contributed by atoms with Crippen LogP contribution in [-0.2, 0) is 34.7 Å². The predicted molar refractivity (Wildman–Crippen MR) is 139 cm³/mol. The smallest absolute Gasteiger partial charge is 0.243 e. The lowest BCUT2D eigenvalue weighted by molar-refractivity contribution is -0.132. The van der Waals surface area contributed by atoms with Crippen molar-refractivity contribution in [1.29, 1.82) is 0 Å². The molecule has 1 aliphatic heterocycles. The first-order valence-corrected chi connectivity index (χ1v) is 14.0. The van der Waals surface area contributed by atoms with E-state index in [2.05, 4.69) is 29.2 Å². The highest BCUT2D eigenvalue weighted by molar-refractivity contribution is 7.89. The summed E-state index contributed by atoms with van der Waals surface area (Å²) in [5.41, 5.74) is 2.88. The lowest BCUT2D eigenvalue weighted by Crippen LogP contribution is -2.39. The molecule has 35 heavy (non-hydrogen) atoms. The van der Waals surface area contributed by atoms with Crippen LogP contribution in [0.5, 0.6) is 0 Å². The highest BCUT2D eigenvalue weighted by Crippen LogP contribution is 2.24. The Hall–Kier alpha value is -2.71.